The fourth-order valence-corrected chi connectivity index (χ4v) is 3.99. The first-order valence-corrected chi connectivity index (χ1v) is 10.2. The highest BCUT2D eigenvalue weighted by Crippen LogP contribution is 2.33. The summed E-state index contributed by atoms with van der Waals surface area (Å²) in [4.78, 5) is 18.3. The highest BCUT2D eigenvalue weighted by Gasteiger charge is 2.26. The van der Waals surface area contributed by atoms with Gasteiger partial charge in [0.15, 0.2) is 0 Å². The maximum absolute atomic E-state index is 13.0. The average molecular weight is 377 g/mol. The van der Waals surface area contributed by atoms with Gasteiger partial charge in [0.2, 0.25) is 0 Å². The van der Waals surface area contributed by atoms with Gasteiger partial charge >= 0.3 is 0 Å². The van der Waals surface area contributed by atoms with Gasteiger partial charge in [0.05, 0.1) is 6.61 Å². The Morgan fingerprint density at radius 1 is 1.14 bits per heavy atom. The van der Waals surface area contributed by atoms with Crippen LogP contribution in [0.2, 0.25) is 0 Å². The third-order valence-corrected chi connectivity index (χ3v) is 5.51. The average Bonchev–Trinajstić information content (AvgIpc) is 3.16. The molecule has 1 N–H and O–H groups in total. The fourth-order valence-electron chi connectivity index (χ4n) is 3.99. The van der Waals surface area contributed by atoms with Gasteiger partial charge in [-0.1, -0.05) is 38.1 Å². The second-order valence-corrected chi connectivity index (χ2v) is 8.09. The lowest BCUT2D eigenvalue weighted by molar-refractivity contribution is 0.0713. The summed E-state index contributed by atoms with van der Waals surface area (Å²) in [5.74, 6) is 1.84. The molecule has 1 saturated heterocycles. The highest BCUT2D eigenvalue weighted by molar-refractivity contribution is 5.94. The molecule has 0 atom stereocenters. The lowest BCUT2D eigenvalue weighted by Crippen LogP contribution is -2.37. The number of aromatic nitrogens is 1. The van der Waals surface area contributed by atoms with E-state index in [1.807, 2.05) is 29.2 Å². The highest BCUT2D eigenvalue weighted by atomic mass is 16.5. The zero-order valence-corrected chi connectivity index (χ0v) is 16.7. The predicted octanol–water partition coefficient (Wildman–Crippen LogP) is 5.22. The number of hydrogen-bond donors (Lipinski definition) is 1. The summed E-state index contributed by atoms with van der Waals surface area (Å²) in [6.07, 6.45) is 4.14. The van der Waals surface area contributed by atoms with Gasteiger partial charge in [-0.2, -0.15) is 0 Å². The molecular formula is C24H28N2O2. The number of nitrogens with zero attached hydrogens (tertiary/aromatic N) is 1. The number of ether oxygens (including phenoxy) is 1. The summed E-state index contributed by atoms with van der Waals surface area (Å²) < 4.78 is 5.78. The molecule has 1 aliphatic rings. The molecule has 1 fully saturated rings. The van der Waals surface area contributed by atoms with Crippen molar-refractivity contribution < 1.29 is 9.53 Å². The van der Waals surface area contributed by atoms with Gasteiger partial charge in [0.25, 0.3) is 5.91 Å². The number of likely N-dealkylation sites (tertiary alicyclic amines) is 1. The Labute approximate surface area is 166 Å². The van der Waals surface area contributed by atoms with Crippen molar-refractivity contribution in [2.75, 3.05) is 19.7 Å². The lowest BCUT2D eigenvalue weighted by atomic mass is 9.89. The number of H-pyrrole nitrogens is 1. The Balaban J connectivity index is 1.41. The number of hydrogen-bond acceptors (Lipinski definition) is 2. The van der Waals surface area contributed by atoms with E-state index in [1.54, 1.807) is 0 Å². The molecule has 0 radical (unpaired) electrons. The zero-order chi connectivity index (χ0) is 19.5. The third kappa shape index (κ3) is 3.91. The van der Waals surface area contributed by atoms with E-state index in [0.29, 0.717) is 24.0 Å². The molecular weight excluding hydrogens is 348 g/mol. The van der Waals surface area contributed by atoms with Crippen molar-refractivity contribution in [1.29, 1.82) is 0 Å². The number of piperidine rings is 1. The summed E-state index contributed by atoms with van der Waals surface area (Å²) in [6, 6.07) is 16.0. The Bertz CT molecular complexity index is 952. The molecule has 4 heteroatoms. The molecule has 1 aliphatic heterocycles. The summed E-state index contributed by atoms with van der Waals surface area (Å²) in [7, 11) is 0. The molecule has 0 bridgehead atoms. The minimum Gasteiger partial charge on any atom is -0.493 e. The Kier molecular flexibility index (Phi) is 5.38. The summed E-state index contributed by atoms with van der Waals surface area (Å²) >= 11 is 0. The van der Waals surface area contributed by atoms with Crippen molar-refractivity contribution in [3.05, 3.63) is 65.9 Å². The minimum absolute atomic E-state index is 0.104. The standard InChI is InChI=1S/C24H28N2O2/c1-17(2)16-28-20-7-5-6-19(14-20)24(27)26-12-10-18(11-13-26)22-15-25-23-9-4-3-8-21(22)23/h3-9,14-15,17-18,25H,10-13,16H2,1-2H3. The molecule has 28 heavy (non-hydrogen) atoms. The van der Waals surface area contributed by atoms with Gasteiger partial charge in [-0.25, -0.2) is 0 Å². The number of amides is 1. The van der Waals surface area contributed by atoms with Gasteiger partial charge in [-0.3, -0.25) is 4.79 Å². The van der Waals surface area contributed by atoms with Crippen LogP contribution in [0, 0.1) is 5.92 Å². The van der Waals surface area contributed by atoms with E-state index in [1.165, 1.54) is 16.5 Å². The molecule has 3 aromatic rings. The van der Waals surface area contributed by atoms with Crippen molar-refractivity contribution in [1.82, 2.24) is 9.88 Å². The van der Waals surface area contributed by atoms with E-state index in [2.05, 4.69) is 49.3 Å². The van der Waals surface area contributed by atoms with Crippen LogP contribution in [0.1, 0.15) is 48.5 Å². The van der Waals surface area contributed by atoms with Crippen molar-refractivity contribution in [3.8, 4) is 5.75 Å². The maximum atomic E-state index is 13.0. The smallest absolute Gasteiger partial charge is 0.253 e. The van der Waals surface area contributed by atoms with Crippen molar-refractivity contribution in [2.45, 2.75) is 32.6 Å². The number of carbonyl (C=O) groups excluding carboxylic acids is 1. The molecule has 0 aliphatic carbocycles. The number of rotatable bonds is 5. The van der Waals surface area contributed by atoms with E-state index in [0.717, 1.165) is 31.7 Å². The molecule has 2 heterocycles. The number of para-hydroxylation sites is 1. The van der Waals surface area contributed by atoms with Gasteiger partial charge in [0.1, 0.15) is 5.75 Å². The monoisotopic (exact) mass is 376 g/mol. The van der Waals surface area contributed by atoms with Crippen molar-refractivity contribution >= 4 is 16.8 Å². The quantitative estimate of drug-likeness (QED) is 0.663. The van der Waals surface area contributed by atoms with E-state index >= 15 is 0 Å². The minimum atomic E-state index is 0.104. The Morgan fingerprint density at radius 3 is 2.71 bits per heavy atom. The first-order chi connectivity index (χ1) is 13.6. The fraction of sp³-hybridized carbons (Fsp3) is 0.375. The van der Waals surface area contributed by atoms with Crippen LogP contribution >= 0.6 is 0 Å². The van der Waals surface area contributed by atoms with Crippen LogP contribution in [0.3, 0.4) is 0 Å². The molecule has 1 aromatic heterocycles. The van der Waals surface area contributed by atoms with Gasteiger partial charge in [0, 0.05) is 35.8 Å². The largest absolute Gasteiger partial charge is 0.493 e. The Hall–Kier alpha value is -2.75. The predicted molar refractivity (Wildman–Crippen MR) is 113 cm³/mol. The second-order valence-electron chi connectivity index (χ2n) is 8.09. The SMILES string of the molecule is CC(C)COc1cccc(C(=O)N2CCC(c3c[nH]c4ccccc34)CC2)c1. The van der Waals surface area contributed by atoms with Crippen molar-refractivity contribution in [3.63, 3.8) is 0 Å². The number of carbonyl (C=O) groups is 1. The van der Waals surface area contributed by atoms with Crippen molar-refractivity contribution in [2.24, 2.45) is 5.92 Å². The molecule has 146 valence electrons. The maximum Gasteiger partial charge on any atom is 0.253 e. The summed E-state index contributed by atoms with van der Waals surface area (Å²) in [6.45, 7) is 6.48. The normalized spacial score (nSPS) is 15.3. The third-order valence-electron chi connectivity index (χ3n) is 5.51. The topological polar surface area (TPSA) is 45.3 Å². The van der Waals surface area contributed by atoms with Crippen LogP contribution in [0.25, 0.3) is 10.9 Å². The van der Waals surface area contributed by atoms with Crippen LogP contribution in [0.15, 0.2) is 54.7 Å². The van der Waals surface area contributed by atoms with E-state index in [-0.39, 0.29) is 5.91 Å². The van der Waals surface area contributed by atoms with Crippen LogP contribution < -0.4 is 4.74 Å². The van der Waals surface area contributed by atoms with Crippen LogP contribution in [-0.4, -0.2) is 35.5 Å². The summed E-state index contributed by atoms with van der Waals surface area (Å²) in [5.41, 5.74) is 3.29. The summed E-state index contributed by atoms with van der Waals surface area (Å²) in [5, 5.41) is 1.31. The first-order valence-electron chi connectivity index (χ1n) is 10.2. The molecule has 0 spiro atoms. The Morgan fingerprint density at radius 2 is 1.93 bits per heavy atom. The van der Waals surface area contributed by atoms with Crippen LogP contribution in [0.5, 0.6) is 5.75 Å². The number of benzene rings is 2. The lowest BCUT2D eigenvalue weighted by Gasteiger charge is -2.32. The van der Waals surface area contributed by atoms with Gasteiger partial charge in [-0.05, 0) is 54.5 Å². The van der Waals surface area contributed by atoms with Gasteiger partial charge < -0.3 is 14.6 Å². The van der Waals surface area contributed by atoms with E-state index < -0.39 is 0 Å². The van der Waals surface area contributed by atoms with Crippen LogP contribution in [0.4, 0.5) is 0 Å². The van der Waals surface area contributed by atoms with Crippen LogP contribution in [-0.2, 0) is 0 Å². The first kappa shape index (κ1) is 18.6. The van der Waals surface area contributed by atoms with E-state index in [9.17, 15) is 4.79 Å². The van der Waals surface area contributed by atoms with Gasteiger partial charge in [-0.15, -0.1) is 0 Å². The molecule has 4 nitrogen and oxygen atoms in total. The zero-order valence-electron chi connectivity index (χ0n) is 16.7. The number of fused-ring (bicyclic) bond motifs is 1. The van der Waals surface area contributed by atoms with E-state index in [4.69, 9.17) is 4.74 Å². The molecule has 2 aromatic carbocycles. The molecule has 0 unspecified atom stereocenters. The molecule has 1 amide bonds. The molecule has 0 saturated carbocycles. The second kappa shape index (κ2) is 8.09. The molecule has 4 rings (SSSR count). The number of aromatic amines is 1. The number of nitrogens with one attached hydrogen (secondary N) is 1.